The van der Waals surface area contributed by atoms with Crippen LogP contribution in [0.5, 0.6) is 0 Å². The molecule has 2 atom stereocenters. The lowest BCUT2D eigenvalue weighted by molar-refractivity contribution is -0.147. The van der Waals surface area contributed by atoms with Gasteiger partial charge in [-0.2, -0.15) is 0 Å². The predicted molar refractivity (Wildman–Crippen MR) is 85.1 cm³/mol. The summed E-state index contributed by atoms with van der Waals surface area (Å²) in [5.74, 6) is -1.13. The summed E-state index contributed by atoms with van der Waals surface area (Å²) in [6, 6.07) is -0.314. The van der Waals surface area contributed by atoms with Crippen LogP contribution in [-0.4, -0.2) is 89.5 Å². The van der Waals surface area contributed by atoms with E-state index in [0.717, 1.165) is 19.3 Å². The van der Waals surface area contributed by atoms with Gasteiger partial charge in [0.2, 0.25) is 5.91 Å². The molecule has 2 aliphatic rings. The van der Waals surface area contributed by atoms with Crippen molar-refractivity contribution in [2.75, 3.05) is 39.3 Å². The number of carboxylic acids is 1. The Morgan fingerprint density at radius 1 is 1.29 bits per heavy atom. The fourth-order valence-corrected chi connectivity index (χ4v) is 3.75. The van der Waals surface area contributed by atoms with Crippen LogP contribution in [0.15, 0.2) is 0 Å². The molecule has 2 aliphatic heterocycles. The number of rotatable bonds is 6. The highest BCUT2D eigenvalue weighted by molar-refractivity contribution is 5.85. The van der Waals surface area contributed by atoms with E-state index in [9.17, 15) is 18.4 Å². The maximum atomic E-state index is 12.7. The van der Waals surface area contributed by atoms with Gasteiger partial charge >= 0.3 is 5.97 Å². The number of halogens is 2. The van der Waals surface area contributed by atoms with Gasteiger partial charge in [-0.25, -0.2) is 8.78 Å². The largest absolute Gasteiger partial charge is 0.480 e. The molecule has 0 spiro atoms. The van der Waals surface area contributed by atoms with Crippen molar-refractivity contribution in [2.24, 2.45) is 0 Å². The molecule has 1 N–H and O–H groups in total. The van der Waals surface area contributed by atoms with Crippen molar-refractivity contribution in [2.45, 2.75) is 51.1 Å². The SMILES string of the molecule is CCC1CN(C2CCCCN(CC(=O)O)C2=O)CCN1CC(F)F. The number of carbonyl (C=O) groups excluding carboxylic acids is 1. The minimum Gasteiger partial charge on any atom is -0.480 e. The van der Waals surface area contributed by atoms with Crippen LogP contribution >= 0.6 is 0 Å². The van der Waals surface area contributed by atoms with Crippen LogP contribution in [-0.2, 0) is 9.59 Å². The molecule has 2 unspecified atom stereocenters. The van der Waals surface area contributed by atoms with E-state index in [4.69, 9.17) is 5.11 Å². The summed E-state index contributed by atoms with van der Waals surface area (Å²) in [6.45, 7) is 3.63. The molecule has 2 saturated heterocycles. The Kier molecular flexibility index (Phi) is 6.91. The van der Waals surface area contributed by atoms with E-state index in [-0.39, 0.29) is 31.1 Å². The van der Waals surface area contributed by atoms with Gasteiger partial charge in [0, 0.05) is 32.2 Å². The van der Waals surface area contributed by atoms with Gasteiger partial charge in [-0.3, -0.25) is 19.4 Å². The number of aliphatic carboxylic acids is 1. The monoisotopic (exact) mass is 347 g/mol. The van der Waals surface area contributed by atoms with E-state index >= 15 is 0 Å². The fourth-order valence-electron chi connectivity index (χ4n) is 3.75. The topological polar surface area (TPSA) is 64.1 Å². The van der Waals surface area contributed by atoms with Gasteiger partial charge in [0.15, 0.2) is 0 Å². The van der Waals surface area contributed by atoms with Crippen molar-refractivity contribution in [3.8, 4) is 0 Å². The summed E-state index contributed by atoms with van der Waals surface area (Å²) >= 11 is 0. The van der Waals surface area contributed by atoms with E-state index in [0.29, 0.717) is 32.6 Å². The second-order valence-corrected chi connectivity index (χ2v) is 6.61. The number of amides is 1. The highest BCUT2D eigenvalue weighted by atomic mass is 19.3. The number of piperazine rings is 1. The molecule has 1 amide bonds. The van der Waals surface area contributed by atoms with Gasteiger partial charge in [0.1, 0.15) is 6.54 Å². The molecule has 24 heavy (non-hydrogen) atoms. The average molecular weight is 347 g/mol. The maximum Gasteiger partial charge on any atom is 0.323 e. The summed E-state index contributed by atoms with van der Waals surface area (Å²) in [6.07, 6.45) is 0.790. The quantitative estimate of drug-likeness (QED) is 0.780. The molecule has 2 rings (SSSR count). The van der Waals surface area contributed by atoms with E-state index in [2.05, 4.69) is 4.90 Å². The van der Waals surface area contributed by atoms with Gasteiger partial charge in [0.05, 0.1) is 12.6 Å². The summed E-state index contributed by atoms with van der Waals surface area (Å²) in [5.41, 5.74) is 0. The lowest BCUT2D eigenvalue weighted by Gasteiger charge is -2.44. The zero-order valence-corrected chi connectivity index (χ0v) is 14.2. The molecule has 138 valence electrons. The molecule has 2 fully saturated rings. The third kappa shape index (κ3) is 4.86. The molecular formula is C16H27F2N3O3. The number of carbonyl (C=O) groups is 2. The second kappa shape index (κ2) is 8.71. The predicted octanol–water partition coefficient (Wildman–Crippen LogP) is 1.11. The number of alkyl halides is 2. The third-order valence-corrected chi connectivity index (χ3v) is 5.00. The minimum atomic E-state index is -2.35. The first-order valence-corrected chi connectivity index (χ1v) is 8.69. The Morgan fingerprint density at radius 3 is 2.67 bits per heavy atom. The Morgan fingerprint density at radius 2 is 2.04 bits per heavy atom. The molecule has 0 aromatic heterocycles. The maximum absolute atomic E-state index is 12.7. The van der Waals surface area contributed by atoms with Gasteiger partial charge in [0.25, 0.3) is 6.43 Å². The Hall–Kier alpha value is -1.28. The van der Waals surface area contributed by atoms with E-state index in [1.807, 2.05) is 6.92 Å². The summed E-state index contributed by atoms with van der Waals surface area (Å²) in [5, 5.41) is 8.99. The lowest BCUT2D eigenvalue weighted by Crippen LogP contribution is -2.59. The van der Waals surface area contributed by atoms with E-state index in [1.54, 1.807) is 4.90 Å². The van der Waals surface area contributed by atoms with Crippen LogP contribution in [0.3, 0.4) is 0 Å². The van der Waals surface area contributed by atoms with Gasteiger partial charge < -0.3 is 10.0 Å². The standard InChI is InChI=1S/C16H27F2N3O3/c1-2-12-9-20(8-7-19(12)10-14(17)18)13-5-3-4-6-21(16(13)24)11-15(22)23/h12-14H,2-11H2,1H3,(H,22,23). The fraction of sp³-hybridized carbons (Fsp3) is 0.875. The Labute approximate surface area is 141 Å². The van der Waals surface area contributed by atoms with E-state index < -0.39 is 12.4 Å². The van der Waals surface area contributed by atoms with Crippen molar-refractivity contribution >= 4 is 11.9 Å². The normalized spacial score (nSPS) is 27.5. The van der Waals surface area contributed by atoms with Gasteiger partial charge in [-0.15, -0.1) is 0 Å². The molecule has 6 nitrogen and oxygen atoms in total. The number of hydrogen-bond donors (Lipinski definition) is 1. The van der Waals surface area contributed by atoms with Crippen molar-refractivity contribution < 1.29 is 23.5 Å². The highest BCUT2D eigenvalue weighted by Gasteiger charge is 2.37. The first-order valence-electron chi connectivity index (χ1n) is 8.69. The molecular weight excluding hydrogens is 320 g/mol. The summed E-state index contributed by atoms with van der Waals surface area (Å²) in [7, 11) is 0. The number of carboxylic acid groups (broad SMARTS) is 1. The smallest absolute Gasteiger partial charge is 0.323 e. The third-order valence-electron chi connectivity index (χ3n) is 5.00. The molecule has 0 bridgehead atoms. The first-order chi connectivity index (χ1) is 11.4. The molecule has 0 saturated carbocycles. The second-order valence-electron chi connectivity index (χ2n) is 6.61. The lowest BCUT2D eigenvalue weighted by atomic mass is 10.0. The zero-order valence-electron chi connectivity index (χ0n) is 14.2. The molecule has 2 heterocycles. The van der Waals surface area contributed by atoms with Gasteiger partial charge in [-0.1, -0.05) is 6.92 Å². The Balaban J connectivity index is 2.03. The van der Waals surface area contributed by atoms with Crippen molar-refractivity contribution in [1.82, 2.24) is 14.7 Å². The minimum absolute atomic E-state index is 0.0109. The number of hydrogen-bond acceptors (Lipinski definition) is 4. The number of likely N-dealkylation sites (tertiary alicyclic amines) is 1. The van der Waals surface area contributed by atoms with Crippen LogP contribution < -0.4 is 0 Å². The van der Waals surface area contributed by atoms with Gasteiger partial charge in [-0.05, 0) is 25.7 Å². The molecule has 0 radical (unpaired) electrons. The molecule has 8 heteroatoms. The molecule has 0 aromatic carbocycles. The molecule has 0 aromatic rings. The van der Waals surface area contributed by atoms with Crippen LogP contribution in [0.4, 0.5) is 8.78 Å². The van der Waals surface area contributed by atoms with Crippen molar-refractivity contribution in [3.63, 3.8) is 0 Å². The van der Waals surface area contributed by atoms with Crippen LogP contribution in [0.25, 0.3) is 0 Å². The van der Waals surface area contributed by atoms with Crippen molar-refractivity contribution in [3.05, 3.63) is 0 Å². The summed E-state index contributed by atoms with van der Waals surface area (Å²) in [4.78, 5) is 29.0. The van der Waals surface area contributed by atoms with Crippen LogP contribution in [0, 0.1) is 0 Å². The highest BCUT2D eigenvalue weighted by Crippen LogP contribution is 2.22. The van der Waals surface area contributed by atoms with E-state index in [1.165, 1.54) is 4.90 Å². The first kappa shape index (κ1) is 19.1. The molecule has 0 aliphatic carbocycles. The zero-order chi connectivity index (χ0) is 17.7. The van der Waals surface area contributed by atoms with Crippen LogP contribution in [0.2, 0.25) is 0 Å². The number of nitrogens with zero attached hydrogens (tertiary/aromatic N) is 3. The van der Waals surface area contributed by atoms with Crippen LogP contribution in [0.1, 0.15) is 32.6 Å². The Bertz CT molecular complexity index is 450. The van der Waals surface area contributed by atoms with Crippen molar-refractivity contribution in [1.29, 1.82) is 0 Å². The summed E-state index contributed by atoms with van der Waals surface area (Å²) < 4.78 is 25.4. The average Bonchev–Trinajstić information content (AvgIpc) is 2.69.